The van der Waals surface area contributed by atoms with Crippen LogP contribution in [0.25, 0.3) is 0 Å². The number of carboxylic acid groups (broad SMARTS) is 1. The minimum atomic E-state index is -2.89. The lowest BCUT2D eigenvalue weighted by atomic mass is 9.98. The molecule has 0 aliphatic heterocycles. The van der Waals surface area contributed by atoms with Gasteiger partial charge in [0.25, 0.3) is 6.43 Å². The Morgan fingerprint density at radius 3 is 2.40 bits per heavy atom. The molecule has 0 saturated heterocycles. The molecule has 15 heavy (non-hydrogen) atoms. The Bertz CT molecular complexity index is 279. The second-order valence-electron chi connectivity index (χ2n) is 4.05. The third-order valence-electron chi connectivity index (χ3n) is 2.36. The van der Waals surface area contributed by atoms with E-state index in [0.29, 0.717) is 12.8 Å². The number of aliphatic carboxylic acids is 1. The van der Waals surface area contributed by atoms with Crippen LogP contribution in [0.3, 0.4) is 0 Å². The van der Waals surface area contributed by atoms with Crippen LogP contribution in [0, 0.1) is 5.92 Å². The molecule has 0 bridgehead atoms. The van der Waals surface area contributed by atoms with Crippen molar-refractivity contribution >= 4 is 11.9 Å². The van der Waals surface area contributed by atoms with E-state index in [4.69, 9.17) is 5.11 Å². The molecule has 86 valence electrons. The molecule has 0 spiro atoms. The molecule has 1 atom stereocenters. The number of alkyl halides is 2. The lowest BCUT2D eigenvalue weighted by Crippen LogP contribution is -2.53. The van der Waals surface area contributed by atoms with Gasteiger partial charge in [0.05, 0.1) is 6.42 Å². The van der Waals surface area contributed by atoms with Crippen LogP contribution in [-0.2, 0) is 9.59 Å². The Morgan fingerprint density at radius 1 is 1.53 bits per heavy atom. The standard InChI is InChI=1S/C9H13F2NO3/c1-9(8(10)11,4-6(13)14)12-7(15)5-2-3-5/h5,8H,2-4H2,1H3,(H,12,15)(H,13,14). The molecule has 1 rings (SSSR count). The van der Waals surface area contributed by atoms with Crippen molar-refractivity contribution in [2.75, 3.05) is 0 Å². The molecule has 2 N–H and O–H groups in total. The molecule has 1 aliphatic carbocycles. The van der Waals surface area contributed by atoms with E-state index in [9.17, 15) is 18.4 Å². The monoisotopic (exact) mass is 221 g/mol. The van der Waals surface area contributed by atoms with Gasteiger partial charge in [-0.1, -0.05) is 0 Å². The topological polar surface area (TPSA) is 66.4 Å². The van der Waals surface area contributed by atoms with Gasteiger partial charge in [-0.3, -0.25) is 9.59 Å². The quantitative estimate of drug-likeness (QED) is 0.728. The first-order valence-electron chi connectivity index (χ1n) is 4.67. The molecule has 0 aromatic carbocycles. The maximum atomic E-state index is 12.6. The van der Waals surface area contributed by atoms with Crippen molar-refractivity contribution in [2.45, 2.75) is 38.2 Å². The number of halogens is 2. The van der Waals surface area contributed by atoms with Crippen LogP contribution in [0.1, 0.15) is 26.2 Å². The summed E-state index contributed by atoms with van der Waals surface area (Å²) < 4.78 is 25.2. The first kappa shape index (κ1) is 11.9. The summed E-state index contributed by atoms with van der Waals surface area (Å²) in [5.74, 6) is -2.04. The van der Waals surface area contributed by atoms with E-state index in [1.165, 1.54) is 0 Å². The number of nitrogens with one attached hydrogen (secondary N) is 1. The Balaban J connectivity index is 2.62. The Labute approximate surface area is 85.7 Å². The van der Waals surface area contributed by atoms with Gasteiger partial charge in [0, 0.05) is 5.92 Å². The number of carbonyl (C=O) groups excluding carboxylic acids is 1. The zero-order valence-electron chi connectivity index (χ0n) is 8.30. The second kappa shape index (κ2) is 4.12. The van der Waals surface area contributed by atoms with Crippen molar-refractivity contribution in [1.82, 2.24) is 5.32 Å². The lowest BCUT2D eigenvalue weighted by molar-refractivity contribution is -0.141. The summed E-state index contributed by atoms with van der Waals surface area (Å²) in [5.41, 5.74) is -1.97. The summed E-state index contributed by atoms with van der Waals surface area (Å²) in [6.07, 6.45) is -2.28. The van der Waals surface area contributed by atoms with Crippen molar-refractivity contribution in [3.63, 3.8) is 0 Å². The fourth-order valence-corrected chi connectivity index (χ4v) is 1.22. The smallest absolute Gasteiger partial charge is 0.305 e. The van der Waals surface area contributed by atoms with Gasteiger partial charge in [0.1, 0.15) is 5.54 Å². The van der Waals surface area contributed by atoms with Gasteiger partial charge < -0.3 is 10.4 Å². The van der Waals surface area contributed by atoms with E-state index in [2.05, 4.69) is 5.32 Å². The predicted octanol–water partition coefficient (Wildman–Crippen LogP) is 1.01. The molecule has 1 saturated carbocycles. The maximum absolute atomic E-state index is 12.6. The van der Waals surface area contributed by atoms with Crippen LogP contribution in [-0.4, -0.2) is 28.9 Å². The van der Waals surface area contributed by atoms with E-state index in [1.807, 2.05) is 0 Å². The average Bonchev–Trinajstić information content (AvgIpc) is 2.83. The predicted molar refractivity (Wildman–Crippen MR) is 47.5 cm³/mol. The molecule has 0 heterocycles. The molecule has 0 aromatic heterocycles. The molecule has 1 unspecified atom stereocenters. The van der Waals surface area contributed by atoms with E-state index >= 15 is 0 Å². The molecule has 1 aliphatic rings. The number of hydrogen-bond donors (Lipinski definition) is 2. The third kappa shape index (κ3) is 3.14. The van der Waals surface area contributed by atoms with Crippen molar-refractivity contribution in [3.8, 4) is 0 Å². The van der Waals surface area contributed by atoms with Crippen LogP contribution in [0.2, 0.25) is 0 Å². The van der Waals surface area contributed by atoms with Crippen molar-refractivity contribution < 1.29 is 23.5 Å². The number of rotatable bonds is 5. The minimum absolute atomic E-state index is 0.211. The Hall–Kier alpha value is -1.20. The van der Waals surface area contributed by atoms with Crippen molar-refractivity contribution in [1.29, 1.82) is 0 Å². The summed E-state index contributed by atoms with van der Waals surface area (Å²) in [7, 11) is 0. The van der Waals surface area contributed by atoms with E-state index in [0.717, 1.165) is 6.92 Å². The Morgan fingerprint density at radius 2 is 2.07 bits per heavy atom. The summed E-state index contributed by atoms with van der Waals surface area (Å²) in [5, 5.41) is 10.6. The molecule has 0 radical (unpaired) electrons. The van der Waals surface area contributed by atoms with E-state index in [-0.39, 0.29) is 5.92 Å². The van der Waals surface area contributed by atoms with Crippen molar-refractivity contribution in [2.24, 2.45) is 5.92 Å². The number of carbonyl (C=O) groups is 2. The van der Waals surface area contributed by atoms with Crippen LogP contribution < -0.4 is 5.32 Å². The molecular weight excluding hydrogens is 208 g/mol. The second-order valence-corrected chi connectivity index (χ2v) is 4.05. The SMILES string of the molecule is CC(CC(=O)O)(NC(=O)C1CC1)C(F)F. The third-order valence-corrected chi connectivity index (χ3v) is 2.36. The van der Waals surface area contributed by atoms with Gasteiger partial charge in [-0.05, 0) is 19.8 Å². The van der Waals surface area contributed by atoms with Gasteiger partial charge in [0.15, 0.2) is 0 Å². The molecule has 1 amide bonds. The highest BCUT2D eigenvalue weighted by Gasteiger charge is 2.42. The molecular formula is C9H13F2NO3. The Kier molecular flexibility index (Phi) is 3.26. The normalized spacial score (nSPS) is 19.7. The summed E-state index contributed by atoms with van der Waals surface area (Å²) in [6.45, 7) is 1.05. The molecule has 1 fully saturated rings. The first-order chi connectivity index (χ1) is 6.85. The minimum Gasteiger partial charge on any atom is -0.481 e. The van der Waals surface area contributed by atoms with Crippen LogP contribution >= 0.6 is 0 Å². The fraction of sp³-hybridized carbons (Fsp3) is 0.778. The van der Waals surface area contributed by atoms with Gasteiger partial charge in [-0.15, -0.1) is 0 Å². The van der Waals surface area contributed by atoms with Crippen LogP contribution in [0.15, 0.2) is 0 Å². The van der Waals surface area contributed by atoms with Gasteiger partial charge in [-0.25, -0.2) is 8.78 Å². The average molecular weight is 221 g/mol. The number of carboxylic acids is 1. The van der Waals surface area contributed by atoms with Crippen LogP contribution in [0.4, 0.5) is 8.78 Å². The summed E-state index contributed by atoms with van der Waals surface area (Å²) in [6, 6.07) is 0. The number of hydrogen-bond acceptors (Lipinski definition) is 2. The van der Waals surface area contributed by atoms with Gasteiger partial charge in [-0.2, -0.15) is 0 Å². The highest BCUT2D eigenvalue weighted by atomic mass is 19.3. The highest BCUT2D eigenvalue weighted by molar-refractivity contribution is 5.82. The maximum Gasteiger partial charge on any atom is 0.305 e. The van der Waals surface area contributed by atoms with Gasteiger partial charge >= 0.3 is 5.97 Å². The summed E-state index contributed by atoms with van der Waals surface area (Å²) >= 11 is 0. The molecule has 0 aromatic rings. The highest BCUT2D eigenvalue weighted by Crippen LogP contribution is 2.30. The van der Waals surface area contributed by atoms with E-state index < -0.39 is 30.3 Å². The van der Waals surface area contributed by atoms with E-state index in [1.54, 1.807) is 0 Å². The molecule has 6 heteroatoms. The summed E-state index contributed by atoms with van der Waals surface area (Å²) in [4.78, 5) is 21.7. The first-order valence-corrected chi connectivity index (χ1v) is 4.67. The zero-order chi connectivity index (χ0) is 11.6. The lowest BCUT2D eigenvalue weighted by Gasteiger charge is -2.28. The van der Waals surface area contributed by atoms with Gasteiger partial charge in [0.2, 0.25) is 5.91 Å². The number of amides is 1. The largest absolute Gasteiger partial charge is 0.481 e. The fourth-order valence-electron chi connectivity index (χ4n) is 1.22. The van der Waals surface area contributed by atoms with Crippen molar-refractivity contribution in [3.05, 3.63) is 0 Å². The van der Waals surface area contributed by atoms with Crippen LogP contribution in [0.5, 0.6) is 0 Å². The zero-order valence-corrected chi connectivity index (χ0v) is 8.30. The molecule has 4 nitrogen and oxygen atoms in total.